The Morgan fingerprint density at radius 1 is 0.395 bits per heavy atom. The standard InChI is InChI=1S/C40H25N3/c1-2-13-26(14-3-1)35-25-38(43-36-23-10-8-18-30(36)31-19-9-11-24-37(31)43)42-40(41-35)34-22-12-21-33-29-16-5-4-15-27(29)28-17-6-7-20-32(28)39(33)34/h1-25H. The van der Waals surface area contributed by atoms with Gasteiger partial charge in [-0.1, -0.05) is 133 Å². The van der Waals surface area contributed by atoms with Gasteiger partial charge in [0.2, 0.25) is 0 Å². The molecule has 0 N–H and O–H groups in total. The van der Waals surface area contributed by atoms with Crippen LogP contribution in [0.3, 0.4) is 0 Å². The van der Waals surface area contributed by atoms with Gasteiger partial charge in [0, 0.05) is 33.4 Å². The molecule has 0 saturated carbocycles. The van der Waals surface area contributed by atoms with Crippen molar-refractivity contribution in [3.05, 3.63) is 152 Å². The fourth-order valence-electron chi connectivity index (χ4n) is 6.74. The molecule has 0 atom stereocenters. The third-order valence-electron chi connectivity index (χ3n) is 8.60. The molecule has 2 heterocycles. The molecule has 0 aliphatic rings. The van der Waals surface area contributed by atoms with E-state index in [4.69, 9.17) is 9.97 Å². The van der Waals surface area contributed by atoms with Gasteiger partial charge in [-0.25, -0.2) is 9.97 Å². The summed E-state index contributed by atoms with van der Waals surface area (Å²) >= 11 is 0. The number of aromatic nitrogens is 3. The highest BCUT2D eigenvalue weighted by Crippen LogP contribution is 2.40. The SMILES string of the molecule is c1ccc(-c2cc(-n3c4ccccc4c4ccccc43)nc(-c3cccc4c5ccccc5c5ccccc5c34)n2)cc1. The Hall–Kier alpha value is -5.80. The second-order valence-electron chi connectivity index (χ2n) is 11.0. The molecule has 9 aromatic rings. The Bertz CT molecular complexity index is 2410. The first kappa shape index (κ1) is 23.9. The molecule has 2 aromatic heterocycles. The number of fused-ring (bicyclic) bond motifs is 9. The predicted octanol–water partition coefficient (Wildman–Crippen LogP) is 10.4. The Labute approximate surface area is 248 Å². The molecule has 3 nitrogen and oxygen atoms in total. The minimum Gasteiger partial charge on any atom is -0.294 e. The van der Waals surface area contributed by atoms with Gasteiger partial charge in [-0.3, -0.25) is 4.57 Å². The van der Waals surface area contributed by atoms with Gasteiger partial charge in [0.25, 0.3) is 0 Å². The molecule has 9 rings (SSSR count). The third-order valence-corrected chi connectivity index (χ3v) is 8.60. The number of hydrogen-bond acceptors (Lipinski definition) is 2. The Balaban J connectivity index is 1.42. The van der Waals surface area contributed by atoms with Crippen molar-refractivity contribution in [1.29, 1.82) is 0 Å². The molecular formula is C40H25N3. The number of hydrogen-bond donors (Lipinski definition) is 0. The van der Waals surface area contributed by atoms with E-state index in [1.54, 1.807) is 0 Å². The second kappa shape index (κ2) is 9.37. The number of rotatable bonds is 3. The van der Waals surface area contributed by atoms with Crippen LogP contribution in [0.1, 0.15) is 0 Å². The quantitative estimate of drug-likeness (QED) is 0.206. The van der Waals surface area contributed by atoms with E-state index in [9.17, 15) is 0 Å². The summed E-state index contributed by atoms with van der Waals surface area (Å²) in [6.07, 6.45) is 0. The van der Waals surface area contributed by atoms with Gasteiger partial charge in [0.15, 0.2) is 5.82 Å². The van der Waals surface area contributed by atoms with Gasteiger partial charge in [-0.2, -0.15) is 0 Å². The van der Waals surface area contributed by atoms with Gasteiger partial charge in [0.1, 0.15) is 5.82 Å². The summed E-state index contributed by atoms with van der Waals surface area (Å²) in [5.41, 5.74) is 5.23. The lowest BCUT2D eigenvalue weighted by molar-refractivity contribution is 1.05. The summed E-state index contributed by atoms with van der Waals surface area (Å²) in [4.78, 5) is 10.6. The van der Waals surface area contributed by atoms with Crippen LogP contribution >= 0.6 is 0 Å². The number of nitrogens with zero attached hydrogens (tertiary/aromatic N) is 3. The van der Waals surface area contributed by atoms with Crippen molar-refractivity contribution in [2.24, 2.45) is 0 Å². The molecule has 0 aliphatic carbocycles. The number of para-hydroxylation sites is 2. The van der Waals surface area contributed by atoms with Crippen molar-refractivity contribution in [3.63, 3.8) is 0 Å². The van der Waals surface area contributed by atoms with Crippen molar-refractivity contribution in [2.45, 2.75) is 0 Å². The summed E-state index contributed by atoms with van der Waals surface area (Å²) in [5.74, 6) is 1.56. The molecule has 0 amide bonds. The molecule has 0 radical (unpaired) electrons. The lowest BCUT2D eigenvalue weighted by Gasteiger charge is -2.15. The Morgan fingerprint density at radius 2 is 0.884 bits per heavy atom. The van der Waals surface area contributed by atoms with E-state index in [1.807, 2.05) is 6.07 Å². The van der Waals surface area contributed by atoms with Crippen molar-refractivity contribution in [3.8, 4) is 28.5 Å². The van der Waals surface area contributed by atoms with E-state index in [0.717, 1.165) is 33.7 Å². The van der Waals surface area contributed by atoms with Gasteiger partial charge < -0.3 is 0 Å². The summed E-state index contributed by atoms with van der Waals surface area (Å²) in [7, 11) is 0. The maximum atomic E-state index is 5.36. The average molecular weight is 548 g/mol. The van der Waals surface area contributed by atoms with Crippen LogP contribution in [0.2, 0.25) is 0 Å². The van der Waals surface area contributed by atoms with Crippen LogP contribution in [0.15, 0.2) is 152 Å². The molecule has 7 aromatic carbocycles. The van der Waals surface area contributed by atoms with Crippen LogP contribution in [-0.4, -0.2) is 14.5 Å². The van der Waals surface area contributed by atoms with E-state index in [1.165, 1.54) is 43.1 Å². The van der Waals surface area contributed by atoms with Crippen LogP contribution in [0.4, 0.5) is 0 Å². The average Bonchev–Trinajstić information content (AvgIpc) is 3.43. The van der Waals surface area contributed by atoms with Crippen molar-refractivity contribution >= 4 is 54.1 Å². The van der Waals surface area contributed by atoms with Gasteiger partial charge >= 0.3 is 0 Å². The summed E-state index contributed by atoms with van der Waals surface area (Å²) in [6, 6.07) is 53.6. The first-order chi connectivity index (χ1) is 21.3. The van der Waals surface area contributed by atoms with Gasteiger partial charge in [0.05, 0.1) is 16.7 Å². The van der Waals surface area contributed by atoms with E-state index < -0.39 is 0 Å². The summed E-state index contributed by atoms with van der Waals surface area (Å²) < 4.78 is 2.28. The molecule has 200 valence electrons. The molecule has 0 bridgehead atoms. The third kappa shape index (κ3) is 3.62. The molecule has 0 unspecified atom stereocenters. The lowest BCUT2D eigenvalue weighted by atomic mass is 9.91. The minimum atomic E-state index is 0.712. The fourth-order valence-corrected chi connectivity index (χ4v) is 6.74. The van der Waals surface area contributed by atoms with Crippen molar-refractivity contribution in [2.75, 3.05) is 0 Å². The maximum absolute atomic E-state index is 5.36. The van der Waals surface area contributed by atoms with Crippen LogP contribution < -0.4 is 0 Å². The zero-order valence-corrected chi connectivity index (χ0v) is 23.3. The Morgan fingerprint density at radius 3 is 1.51 bits per heavy atom. The summed E-state index contributed by atoms with van der Waals surface area (Å²) in [5, 5.41) is 9.74. The fraction of sp³-hybridized carbons (Fsp3) is 0. The summed E-state index contributed by atoms with van der Waals surface area (Å²) in [6.45, 7) is 0. The topological polar surface area (TPSA) is 30.7 Å². The van der Waals surface area contributed by atoms with E-state index >= 15 is 0 Å². The monoisotopic (exact) mass is 547 g/mol. The predicted molar refractivity (Wildman–Crippen MR) is 180 cm³/mol. The van der Waals surface area contributed by atoms with Crippen LogP contribution in [-0.2, 0) is 0 Å². The molecule has 0 aliphatic heterocycles. The molecule has 0 spiro atoms. The number of benzene rings is 7. The zero-order valence-electron chi connectivity index (χ0n) is 23.3. The smallest absolute Gasteiger partial charge is 0.162 e. The molecule has 0 fully saturated rings. The Kier molecular flexibility index (Phi) is 5.20. The molecule has 0 saturated heterocycles. The first-order valence-corrected chi connectivity index (χ1v) is 14.6. The molecule has 3 heteroatoms. The van der Waals surface area contributed by atoms with Gasteiger partial charge in [-0.15, -0.1) is 0 Å². The minimum absolute atomic E-state index is 0.712. The van der Waals surface area contributed by atoms with E-state index in [0.29, 0.717) is 5.82 Å². The highest BCUT2D eigenvalue weighted by Gasteiger charge is 2.19. The van der Waals surface area contributed by atoms with Crippen molar-refractivity contribution in [1.82, 2.24) is 14.5 Å². The maximum Gasteiger partial charge on any atom is 0.162 e. The van der Waals surface area contributed by atoms with Crippen LogP contribution in [0.5, 0.6) is 0 Å². The van der Waals surface area contributed by atoms with Gasteiger partial charge in [-0.05, 0) is 39.1 Å². The largest absolute Gasteiger partial charge is 0.294 e. The second-order valence-corrected chi connectivity index (χ2v) is 11.0. The lowest BCUT2D eigenvalue weighted by Crippen LogP contribution is -2.03. The first-order valence-electron chi connectivity index (χ1n) is 14.6. The van der Waals surface area contributed by atoms with Crippen LogP contribution in [0.25, 0.3) is 82.6 Å². The normalized spacial score (nSPS) is 11.7. The van der Waals surface area contributed by atoms with E-state index in [-0.39, 0.29) is 0 Å². The highest BCUT2D eigenvalue weighted by molar-refractivity contribution is 6.28. The van der Waals surface area contributed by atoms with Crippen LogP contribution in [0, 0.1) is 0 Å². The van der Waals surface area contributed by atoms with E-state index in [2.05, 4.69) is 150 Å². The highest BCUT2D eigenvalue weighted by atomic mass is 15.1. The molecule has 43 heavy (non-hydrogen) atoms. The zero-order chi connectivity index (χ0) is 28.3. The molecular weight excluding hydrogens is 522 g/mol. The van der Waals surface area contributed by atoms with Crippen molar-refractivity contribution < 1.29 is 0 Å².